The van der Waals surface area contributed by atoms with Gasteiger partial charge in [-0.3, -0.25) is 14.9 Å². The molecule has 0 saturated carbocycles. The number of alkyl carbamates (subject to hydrolysis) is 1. The first-order chi connectivity index (χ1) is 14.4. The van der Waals surface area contributed by atoms with Crippen molar-refractivity contribution in [2.24, 2.45) is 0 Å². The molecule has 2 N–H and O–H groups in total. The van der Waals surface area contributed by atoms with Crippen LogP contribution in [0.3, 0.4) is 0 Å². The highest BCUT2D eigenvalue weighted by Gasteiger charge is 2.35. The summed E-state index contributed by atoms with van der Waals surface area (Å²) in [4.78, 5) is 36.9. The first-order valence-corrected chi connectivity index (χ1v) is 10.0. The van der Waals surface area contributed by atoms with E-state index < -0.39 is 35.5 Å². The monoisotopic (exact) mass is 423 g/mol. The number of carbonyl (C=O) groups is 3. The fourth-order valence-corrected chi connectivity index (χ4v) is 3.97. The zero-order chi connectivity index (χ0) is 21.3. The van der Waals surface area contributed by atoms with Crippen molar-refractivity contribution in [1.29, 1.82) is 0 Å². The third-order valence-corrected chi connectivity index (χ3v) is 5.68. The smallest absolute Gasteiger partial charge is 0.407 e. The number of amides is 3. The minimum atomic E-state index is -1.03. The standard InChI is InChI=1S/C20H23F2N3O5/c21-15-7-12(8-16(22)18(15)14-1-2-17(26)24-19(14)27)25-9-13(10-25)30-20(28)23-11-3-5-29-6-4-11/h7-8,11,13-14H,1-6,9-10H2,(H,23,28)(H,24,26,27). The average Bonchev–Trinajstić information content (AvgIpc) is 2.66. The van der Waals surface area contributed by atoms with Crippen LogP contribution in [0.5, 0.6) is 0 Å². The van der Waals surface area contributed by atoms with E-state index in [1.54, 1.807) is 4.90 Å². The Balaban J connectivity index is 1.33. The number of carbonyl (C=O) groups excluding carboxylic acids is 3. The summed E-state index contributed by atoms with van der Waals surface area (Å²) < 4.78 is 39.8. The third kappa shape index (κ3) is 4.38. The zero-order valence-electron chi connectivity index (χ0n) is 16.3. The Morgan fingerprint density at radius 3 is 2.43 bits per heavy atom. The van der Waals surface area contributed by atoms with Gasteiger partial charge < -0.3 is 19.7 Å². The van der Waals surface area contributed by atoms with Gasteiger partial charge >= 0.3 is 6.09 Å². The minimum absolute atomic E-state index is 0.0328. The zero-order valence-corrected chi connectivity index (χ0v) is 16.3. The number of nitrogens with zero attached hydrogens (tertiary/aromatic N) is 1. The lowest BCUT2D eigenvalue weighted by Crippen LogP contribution is -2.54. The second-order valence-electron chi connectivity index (χ2n) is 7.79. The molecule has 4 rings (SSSR count). The van der Waals surface area contributed by atoms with E-state index in [1.807, 2.05) is 0 Å². The van der Waals surface area contributed by atoms with Crippen molar-refractivity contribution in [3.8, 4) is 0 Å². The number of nitrogens with one attached hydrogen (secondary N) is 2. The van der Waals surface area contributed by atoms with Crippen LogP contribution in [0.25, 0.3) is 0 Å². The fourth-order valence-electron chi connectivity index (χ4n) is 3.97. The normalized spacial score (nSPS) is 23.0. The van der Waals surface area contributed by atoms with E-state index in [9.17, 15) is 23.2 Å². The minimum Gasteiger partial charge on any atom is -0.442 e. The van der Waals surface area contributed by atoms with E-state index in [-0.39, 0.29) is 30.6 Å². The number of piperidine rings is 1. The van der Waals surface area contributed by atoms with Crippen LogP contribution in [-0.2, 0) is 19.1 Å². The van der Waals surface area contributed by atoms with Crippen molar-refractivity contribution >= 4 is 23.6 Å². The molecule has 30 heavy (non-hydrogen) atoms. The number of rotatable bonds is 4. The summed E-state index contributed by atoms with van der Waals surface area (Å²) in [6.45, 7) is 1.85. The van der Waals surface area contributed by atoms with E-state index in [1.165, 1.54) is 12.1 Å². The summed E-state index contributed by atoms with van der Waals surface area (Å²) in [6, 6.07) is 2.37. The summed E-state index contributed by atoms with van der Waals surface area (Å²) in [5.41, 5.74) is -0.0151. The maximum atomic E-state index is 14.6. The van der Waals surface area contributed by atoms with Crippen molar-refractivity contribution < 1.29 is 32.6 Å². The van der Waals surface area contributed by atoms with Gasteiger partial charge in [-0.15, -0.1) is 0 Å². The van der Waals surface area contributed by atoms with Gasteiger partial charge in [0, 0.05) is 36.9 Å². The van der Waals surface area contributed by atoms with Crippen molar-refractivity contribution in [2.45, 2.75) is 43.7 Å². The first kappa shape index (κ1) is 20.5. The highest BCUT2D eigenvalue weighted by atomic mass is 19.1. The molecule has 0 spiro atoms. The van der Waals surface area contributed by atoms with Gasteiger partial charge in [0.2, 0.25) is 11.8 Å². The molecule has 3 fully saturated rings. The molecule has 10 heteroatoms. The molecule has 3 saturated heterocycles. The number of imide groups is 1. The van der Waals surface area contributed by atoms with Crippen LogP contribution in [0.15, 0.2) is 12.1 Å². The van der Waals surface area contributed by atoms with Gasteiger partial charge in [0.25, 0.3) is 0 Å². The molecule has 0 aromatic heterocycles. The van der Waals surface area contributed by atoms with E-state index in [0.717, 1.165) is 12.8 Å². The molecule has 3 aliphatic heterocycles. The molecule has 1 aromatic carbocycles. The average molecular weight is 423 g/mol. The van der Waals surface area contributed by atoms with Gasteiger partial charge in [-0.25, -0.2) is 13.6 Å². The molecule has 162 valence electrons. The van der Waals surface area contributed by atoms with Crippen molar-refractivity contribution in [2.75, 3.05) is 31.2 Å². The van der Waals surface area contributed by atoms with Crippen molar-refractivity contribution in [3.05, 3.63) is 29.3 Å². The lowest BCUT2D eigenvalue weighted by molar-refractivity contribution is -0.134. The first-order valence-electron chi connectivity index (χ1n) is 10.0. The topological polar surface area (TPSA) is 97.0 Å². The summed E-state index contributed by atoms with van der Waals surface area (Å²) in [6.07, 6.45) is 0.717. The Kier molecular flexibility index (Phi) is 5.85. The summed E-state index contributed by atoms with van der Waals surface area (Å²) in [7, 11) is 0. The van der Waals surface area contributed by atoms with Crippen LogP contribution < -0.4 is 15.5 Å². The van der Waals surface area contributed by atoms with Gasteiger partial charge in [0.05, 0.1) is 19.0 Å². The molecule has 8 nitrogen and oxygen atoms in total. The Labute approximate surface area is 171 Å². The van der Waals surface area contributed by atoms with Crippen LogP contribution in [0, 0.1) is 11.6 Å². The molecule has 3 heterocycles. The van der Waals surface area contributed by atoms with Crippen LogP contribution in [0.1, 0.15) is 37.2 Å². The van der Waals surface area contributed by atoms with Gasteiger partial charge in [-0.2, -0.15) is 0 Å². The Morgan fingerprint density at radius 2 is 1.80 bits per heavy atom. The molecule has 3 aliphatic rings. The molecule has 1 atom stereocenters. The maximum absolute atomic E-state index is 14.6. The predicted octanol–water partition coefficient (Wildman–Crippen LogP) is 1.58. The van der Waals surface area contributed by atoms with Crippen LogP contribution in [-0.4, -0.2) is 56.4 Å². The highest BCUT2D eigenvalue weighted by Crippen LogP contribution is 2.33. The summed E-state index contributed by atoms with van der Waals surface area (Å²) in [5, 5.41) is 4.91. The van der Waals surface area contributed by atoms with Crippen molar-refractivity contribution in [1.82, 2.24) is 10.6 Å². The second-order valence-corrected chi connectivity index (χ2v) is 7.79. The number of ether oxygens (including phenoxy) is 2. The molecule has 0 aliphatic carbocycles. The van der Waals surface area contributed by atoms with Gasteiger partial charge in [-0.1, -0.05) is 0 Å². The molecule has 0 bridgehead atoms. The Hall–Kier alpha value is -2.75. The molecule has 3 amide bonds. The lowest BCUT2D eigenvalue weighted by atomic mass is 9.89. The molecule has 1 unspecified atom stereocenters. The Morgan fingerprint density at radius 1 is 1.13 bits per heavy atom. The Bertz CT molecular complexity index is 830. The number of hydrogen-bond donors (Lipinski definition) is 2. The number of halogens is 2. The van der Waals surface area contributed by atoms with Gasteiger partial charge in [-0.05, 0) is 31.4 Å². The molecular formula is C20H23F2N3O5. The van der Waals surface area contributed by atoms with E-state index in [0.29, 0.717) is 32.0 Å². The summed E-state index contributed by atoms with van der Waals surface area (Å²) >= 11 is 0. The van der Waals surface area contributed by atoms with Crippen LogP contribution in [0.2, 0.25) is 0 Å². The van der Waals surface area contributed by atoms with Gasteiger partial charge in [0.15, 0.2) is 0 Å². The number of benzene rings is 1. The number of anilines is 1. The van der Waals surface area contributed by atoms with Crippen molar-refractivity contribution in [3.63, 3.8) is 0 Å². The lowest BCUT2D eigenvalue weighted by Gasteiger charge is -2.40. The molecular weight excluding hydrogens is 400 g/mol. The predicted molar refractivity (Wildman–Crippen MR) is 101 cm³/mol. The van der Waals surface area contributed by atoms with Crippen LogP contribution in [0.4, 0.5) is 19.3 Å². The largest absolute Gasteiger partial charge is 0.442 e. The van der Waals surface area contributed by atoms with E-state index in [4.69, 9.17) is 9.47 Å². The second kappa shape index (κ2) is 8.55. The van der Waals surface area contributed by atoms with E-state index in [2.05, 4.69) is 10.6 Å². The van der Waals surface area contributed by atoms with Crippen LogP contribution >= 0.6 is 0 Å². The molecule has 1 aromatic rings. The molecule has 0 radical (unpaired) electrons. The number of hydrogen-bond acceptors (Lipinski definition) is 6. The highest BCUT2D eigenvalue weighted by molar-refractivity contribution is 6.01. The third-order valence-electron chi connectivity index (χ3n) is 5.68. The quantitative estimate of drug-likeness (QED) is 0.714. The summed E-state index contributed by atoms with van der Waals surface area (Å²) in [5.74, 6) is -3.83. The van der Waals surface area contributed by atoms with Gasteiger partial charge in [0.1, 0.15) is 17.7 Å². The SMILES string of the molecule is O=C1CCC(c2c(F)cc(N3CC(OC(=O)NC4CCOCC4)C3)cc2F)C(=O)N1. The maximum Gasteiger partial charge on any atom is 0.407 e. The van der Waals surface area contributed by atoms with E-state index >= 15 is 0 Å². The fraction of sp³-hybridized carbons (Fsp3) is 0.550.